The van der Waals surface area contributed by atoms with Gasteiger partial charge in [-0.05, 0) is 26.0 Å². The number of nitro groups is 1. The van der Waals surface area contributed by atoms with Crippen LogP contribution in [0.1, 0.15) is 37.0 Å². The predicted octanol–water partition coefficient (Wildman–Crippen LogP) is 2.43. The second-order valence-electron chi connectivity index (χ2n) is 6.02. The van der Waals surface area contributed by atoms with Gasteiger partial charge in [0.05, 0.1) is 22.7 Å². The lowest BCUT2D eigenvalue weighted by molar-refractivity contribution is -0.384. The van der Waals surface area contributed by atoms with E-state index in [1.165, 1.54) is 24.3 Å². The minimum Gasteiger partial charge on any atom is -0.459 e. The largest absolute Gasteiger partial charge is 0.459 e. The third-order valence-corrected chi connectivity index (χ3v) is 3.86. The highest BCUT2D eigenvalue weighted by Gasteiger charge is 2.48. The molecule has 3 atom stereocenters. The average Bonchev–Trinajstić information content (AvgIpc) is 2.91. The number of carbonyl (C=O) groups is 1. The summed E-state index contributed by atoms with van der Waals surface area (Å²) in [5.41, 5.74) is 0.237. The molecule has 1 saturated heterocycles. The van der Waals surface area contributed by atoms with Gasteiger partial charge in [0, 0.05) is 25.0 Å². The van der Waals surface area contributed by atoms with Crippen molar-refractivity contribution in [3.05, 3.63) is 39.9 Å². The number of hydrogen-bond acceptors (Lipinski definition) is 6. The number of fused-ring (bicyclic) bond motifs is 1. The standard InChI is InChI=1S/C15H17NO6/c1-15(2)21-12-7-11(8-13(12)22-15)20-14(17)9-3-5-10(6-4-9)16(18)19/h3-6,11-13H,7-8H2,1-2H3/t11-,12+,13-. The normalized spacial score (nSPS) is 29.1. The molecular weight excluding hydrogens is 290 g/mol. The van der Waals surface area contributed by atoms with Crippen molar-refractivity contribution in [3.8, 4) is 0 Å². The van der Waals surface area contributed by atoms with Crippen molar-refractivity contribution in [2.75, 3.05) is 0 Å². The zero-order chi connectivity index (χ0) is 15.9. The van der Waals surface area contributed by atoms with E-state index in [1.807, 2.05) is 13.8 Å². The van der Waals surface area contributed by atoms with Gasteiger partial charge in [0.2, 0.25) is 0 Å². The molecule has 118 valence electrons. The maximum absolute atomic E-state index is 12.1. The van der Waals surface area contributed by atoms with Crippen LogP contribution in [0.25, 0.3) is 0 Å². The van der Waals surface area contributed by atoms with Crippen molar-refractivity contribution < 1.29 is 23.9 Å². The molecule has 0 radical (unpaired) electrons. The molecule has 0 bridgehead atoms. The highest BCUT2D eigenvalue weighted by atomic mass is 16.8. The van der Waals surface area contributed by atoms with E-state index >= 15 is 0 Å². The molecule has 1 aromatic carbocycles. The van der Waals surface area contributed by atoms with Gasteiger partial charge in [-0.15, -0.1) is 0 Å². The Labute approximate surface area is 127 Å². The number of esters is 1. The first-order valence-electron chi connectivity index (χ1n) is 7.15. The van der Waals surface area contributed by atoms with Crippen molar-refractivity contribution in [3.63, 3.8) is 0 Å². The van der Waals surface area contributed by atoms with Gasteiger partial charge >= 0.3 is 5.97 Å². The summed E-state index contributed by atoms with van der Waals surface area (Å²) < 4.78 is 16.9. The van der Waals surface area contributed by atoms with Crippen LogP contribution in [0.15, 0.2) is 24.3 Å². The summed E-state index contributed by atoms with van der Waals surface area (Å²) in [5.74, 6) is -1.07. The Balaban J connectivity index is 1.58. The summed E-state index contributed by atoms with van der Waals surface area (Å²) in [5, 5.41) is 10.6. The molecule has 2 fully saturated rings. The highest BCUT2D eigenvalue weighted by Crippen LogP contribution is 2.39. The number of nitro benzene ring substituents is 1. The first kappa shape index (κ1) is 14.9. The van der Waals surface area contributed by atoms with Crippen LogP contribution in [-0.4, -0.2) is 35.0 Å². The molecule has 1 aromatic rings. The second kappa shape index (κ2) is 5.33. The summed E-state index contributed by atoms with van der Waals surface area (Å²) in [6.45, 7) is 3.73. The molecule has 1 aliphatic heterocycles. The van der Waals surface area contributed by atoms with Gasteiger partial charge in [-0.3, -0.25) is 10.1 Å². The van der Waals surface area contributed by atoms with Crippen LogP contribution < -0.4 is 0 Å². The fourth-order valence-corrected chi connectivity index (χ4v) is 2.96. The Bertz CT molecular complexity index is 581. The third kappa shape index (κ3) is 2.95. The van der Waals surface area contributed by atoms with Gasteiger partial charge in [0.1, 0.15) is 6.10 Å². The number of ether oxygens (including phenoxy) is 3. The van der Waals surface area contributed by atoms with Gasteiger partial charge in [-0.1, -0.05) is 0 Å². The molecule has 1 saturated carbocycles. The smallest absolute Gasteiger partial charge is 0.338 e. The maximum atomic E-state index is 12.1. The van der Waals surface area contributed by atoms with Gasteiger partial charge in [0.25, 0.3) is 5.69 Å². The lowest BCUT2D eigenvalue weighted by Gasteiger charge is -2.20. The average molecular weight is 307 g/mol. The Morgan fingerprint density at radius 2 is 1.77 bits per heavy atom. The van der Waals surface area contributed by atoms with E-state index in [9.17, 15) is 14.9 Å². The van der Waals surface area contributed by atoms with Crippen LogP contribution in [0.5, 0.6) is 0 Å². The van der Waals surface area contributed by atoms with Crippen molar-refractivity contribution in [1.82, 2.24) is 0 Å². The van der Waals surface area contributed by atoms with Crippen LogP contribution in [0.3, 0.4) is 0 Å². The first-order chi connectivity index (χ1) is 10.3. The van der Waals surface area contributed by atoms with E-state index in [2.05, 4.69) is 0 Å². The summed E-state index contributed by atoms with van der Waals surface area (Å²) in [6, 6.07) is 5.36. The number of benzene rings is 1. The lowest BCUT2D eigenvalue weighted by Crippen LogP contribution is -2.25. The zero-order valence-electron chi connectivity index (χ0n) is 12.4. The monoisotopic (exact) mass is 307 g/mol. The van der Waals surface area contributed by atoms with Crippen molar-refractivity contribution in [1.29, 1.82) is 0 Å². The van der Waals surface area contributed by atoms with Crippen molar-refractivity contribution in [2.45, 2.75) is 50.8 Å². The Kier molecular flexibility index (Phi) is 3.62. The van der Waals surface area contributed by atoms with Crippen molar-refractivity contribution in [2.24, 2.45) is 0 Å². The molecule has 0 unspecified atom stereocenters. The Hall–Kier alpha value is -1.99. The lowest BCUT2D eigenvalue weighted by atomic mass is 10.2. The Morgan fingerprint density at radius 1 is 1.23 bits per heavy atom. The molecule has 0 amide bonds. The number of carbonyl (C=O) groups excluding carboxylic acids is 1. The number of non-ortho nitro benzene ring substituents is 1. The second-order valence-corrected chi connectivity index (χ2v) is 6.02. The quantitative estimate of drug-likeness (QED) is 0.484. The zero-order valence-corrected chi connectivity index (χ0v) is 12.4. The fourth-order valence-electron chi connectivity index (χ4n) is 2.96. The molecular formula is C15H17NO6. The minimum absolute atomic E-state index is 0.0512. The molecule has 0 spiro atoms. The SMILES string of the molecule is CC1(C)O[C@H]2C[C@@H](OC(=O)c3ccc([N+](=O)[O-])cc3)C[C@H]2O1. The predicted molar refractivity (Wildman–Crippen MR) is 75.4 cm³/mol. The van der Waals surface area contributed by atoms with Crippen LogP contribution >= 0.6 is 0 Å². The van der Waals surface area contributed by atoms with E-state index < -0.39 is 16.7 Å². The molecule has 22 heavy (non-hydrogen) atoms. The van der Waals surface area contributed by atoms with Gasteiger partial charge in [-0.2, -0.15) is 0 Å². The molecule has 0 N–H and O–H groups in total. The van der Waals surface area contributed by atoms with E-state index in [-0.39, 0.29) is 24.0 Å². The topological polar surface area (TPSA) is 87.9 Å². The molecule has 1 heterocycles. The molecule has 1 aliphatic carbocycles. The molecule has 3 rings (SSSR count). The minimum atomic E-state index is -0.581. The first-order valence-corrected chi connectivity index (χ1v) is 7.15. The summed E-state index contributed by atoms with van der Waals surface area (Å²) >= 11 is 0. The number of rotatable bonds is 3. The number of hydrogen-bond donors (Lipinski definition) is 0. The van der Waals surface area contributed by atoms with Crippen LogP contribution in [0, 0.1) is 10.1 Å². The summed E-state index contributed by atoms with van der Waals surface area (Å²) in [7, 11) is 0. The molecule has 0 aromatic heterocycles. The number of nitrogens with zero attached hydrogens (tertiary/aromatic N) is 1. The van der Waals surface area contributed by atoms with Gasteiger partial charge in [-0.25, -0.2) is 4.79 Å². The van der Waals surface area contributed by atoms with Crippen LogP contribution in [0.4, 0.5) is 5.69 Å². The van der Waals surface area contributed by atoms with Crippen molar-refractivity contribution >= 4 is 11.7 Å². The fraction of sp³-hybridized carbons (Fsp3) is 0.533. The maximum Gasteiger partial charge on any atom is 0.338 e. The summed E-state index contributed by atoms with van der Waals surface area (Å²) in [6.07, 6.45) is 0.850. The van der Waals surface area contributed by atoms with E-state index in [0.717, 1.165) is 0 Å². The van der Waals surface area contributed by atoms with Gasteiger partial charge in [0.15, 0.2) is 5.79 Å². The molecule has 7 heteroatoms. The third-order valence-electron chi connectivity index (χ3n) is 3.86. The van der Waals surface area contributed by atoms with E-state index in [0.29, 0.717) is 18.4 Å². The molecule has 2 aliphatic rings. The van der Waals surface area contributed by atoms with Crippen LogP contribution in [0.2, 0.25) is 0 Å². The Morgan fingerprint density at radius 3 is 2.27 bits per heavy atom. The van der Waals surface area contributed by atoms with E-state index in [4.69, 9.17) is 14.2 Å². The highest BCUT2D eigenvalue weighted by molar-refractivity contribution is 5.89. The van der Waals surface area contributed by atoms with E-state index in [1.54, 1.807) is 0 Å². The van der Waals surface area contributed by atoms with Gasteiger partial charge < -0.3 is 14.2 Å². The summed E-state index contributed by atoms with van der Waals surface area (Å²) in [4.78, 5) is 22.1. The van der Waals surface area contributed by atoms with Crippen LogP contribution in [-0.2, 0) is 14.2 Å². The molecule has 7 nitrogen and oxygen atoms in total.